The Morgan fingerprint density at radius 3 is 2.37 bits per heavy atom. The third-order valence-corrected chi connectivity index (χ3v) is 7.51. The highest BCUT2D eigenvalue weighted by Gasteiger charge is 2.25. The highest BCUT2D eigenvalue weighted by molar-refractivity contribution is 6.00. The highest BCUT2D eigenvalue weighted by Crippen LogP contribution is 2.41. The number of hydrogen-bond acceptors (Lipinski definition) is 3. The SMILES string of the molecule is CCOC(=O)Cn1c(CCc2ccccc2)c(C2=CCC(c3ccccc3)CC2)c2ccc(C(=O)O)cc21. The lowest BCUT2D eigenvalue weighted by atomic mass is 9.82. The zero-order valence-electron chi connectivity index (χ0n) is 21.7. The lowest BCUT2D eigenvalue weighted by Crippen LogP contribution is -2.16. The van der Waals surface area contributed by atoms with Crippen LogP contribution in [0.15, 0.2) is 84.9 Å². The van der Waals surface area contributed by atoms with Gasteiger partial charge in [0.15, 0.2) is 0 Å². The van der Waals surface area contributed by atoms with E-state index >= 15 is 0 Å². The van der Waals surface area contributed by atoms with Gasteiger partial charge in [-0.1, -0.05) is 72.8 Å². The maximum Gasteiger partial charge on any atom is 0.335 e. The Balaban J connectivity index is 1.61. The van der Waals surface area contributed by atoms with Crippen LogP contribution in [0.4, 0.5) is 0 Å². The van der Waals surface area contributed by atoms with Gasteiger partial charge in [0.2, 0.25) is 0 Å². The number of aromatic carboxylic acids is 1. The third-order valence-electron chi connectivity index (χ3n) is 7.51. The van der Waals surface area contributed by atoms with Crippen molar-refractivity contribution in [2.75, 3.05) is 6.61 Å². The van der Waals surface area contributed by atoms with E-state index in [1.54, 1.807) is 19.1 Å². The van der Waals surface area contributed by atoms with Crippen LogP contribution in [0.2, 0.25) is 0 Å². The quantitative estimate of drug-likeness (QED) is 0.247. The number of carboxylic acid groups (broad SMARTS) is 1. The maximum absolute atomic E-state index is 12.7. The molecular weight excluding hydrogens is 474 g/mol. The van der Waals surface area contributed by atoms with Crippen LogP contribution in [0, 0.1) is 0 Å². The van der Waals surface area contributed by atoms with E-state index in [0.717, 1.165) is 54.3 Å². The van der Waals surface area contributed by atoms with Crippen molar-refractivity contribution >= 4 is 28.4 Å². The average Bonchev–Trinajstić information content (AvgIpc) is 3.25. The fourth-order valence-corrected chi connectivity index (χ4v) is 5.67. The molecule has 5 heteroatoms. The van der Waals surface area contributed by atoms with Gasteiger partial charge in [0.05, 0.1) is 17.7 Å². The van der Waals surface area contributed by atoms with Gasteiger partial charge in [0.25, 0.3) is 0 Å². The van der Waals surface area contributed by atoms with Crippen molar-refractivity contribution in [3.63, 3.8) is 0 Å². The third kappa shape index (κ3) is 5.42. The molecule has 1 aromatic heterocycles. The van der Waals surface area contributed by atoms with Crippen LogP contribution < -0.4 is 0 Å². The number of esters is 1. The minimum Gasteiger partial charge on any atom is -0.478 e. The van der Waals surface area contributed by atoms with Gasteiger partial charge in [-0.05, 0) is 73.8 Å². The number of hydrogen-bond donors (Lipinski definition) is 1. The van der Waals surface area contributed by atoms with E-state index in [1.807, 2.05) is 28.8 Å². The molecule has 1 aliphatic carbocycles. The first-order chi connectivity index (χ1) is 18.5. The van der Waals surface area contributed by atoms with Gasteiger partial charge in [0, 0.05) is 16.6 Å². The molecule has 3 aromatic carbocycles. The zero-order chi connectivity index (χ0) is 26.5. The topological polar surface area (TPSA) is 68.5 Å². The number of aromatic nitrogens is 1. The second-order valence-electron chi connectivity index (χ2n) is 9.85. The lowest BCUT2D eigenvalue weighted by molar-refractivity contribution is -0.143. The predicted octanol–water partition coefficient (Wildman–Crippen LogP) is 7.04. The lowest BCUT2D eigenvalue weighted by Gasteiger charge is -2.23. The summed E-state index contributed by atoms with van der Waals surface area (Å²) in [7, 11) is 0. The summed E-state index contributed by atoms with van der Waals surface area (Å²) in [6, 6.07) is 26.2. The summed E-state index contributed by atoms with van der Waals surface area (Å²) in [5, 5.41) is 10.7. The number of nitrogens with zero attached hydrogens (tertiary/aromatic N) is 1. The molecule has 0 amide bonds. The Kier molecular flexibility index (Phi) is 7.73. The van der Waals surface area contributed by atoms with Crippen molar-refractivity contribution in [3.8, 4) is 0 Å². The monoisotopic (exact) mass is 507 g/mol. The van der Waals surface area contributed by atoms with Crippen molar-refractivity contribution in [3.05, 3.63) is 113 Å². The first kappa shape index (κ1) is 25.5. The van der Waals surface area contributed by atoms with E-state index in [-0.39, 0.29) is 18.1 Å². The number of benzene rings is 3. The average molecular weight is 508 g/mol. The van der Waals surface area contributed by atoms with E-state index in [0.29, 0.717) is 12.5 Å². The largest absolute Gasteiger partial charge is 0.478 e. The number of aryl methyl sites for hydroxylation is 1. The number of carboxylic acids is 1. The molecule has 1 unspecified atom stereocenters. The summed E-state index contributed by atoms with van der Waals surface area (Å²) in [5.41, 5.74) is 7.04. The molecule has 1 N–H and O–H groups in total. The van der Waals surface area contributed by atoms with Crippen molar-refractivity contribution < 1.29 is 19.4 Å². The molecule has 0 bridgehead atoms. The molecule has 1 heterocycles. The summed E-state index contributed by atoms with van der Waals surface area (Å²) in [6.45, 7) is 2.15. The summed E-state index contributed by atoms with van der Waals surface area (Å²) < 4.78 is 7.31. The molecule has 5 nitrogen and oxygen atoms in total. The molecule has 0 spiro atoms. The van der Waals surface area contributed by atoms with Crippen LogP contribution in [-0.2, 0) is 28.9 Å². The summed E-state index contributed by atoms with van der Waals surface area (Å²) >= 11 is 0. The normalized spacial score (nSPS) is 15.3. The summed E-state index contributed by atoms with van der Waals surface area (Å²) in [5.74, 6) is -0.815. The van der Waals surface area contributed by atoms with E-state index in [9.17, 15) is 14.7 Å². The highest BCUT2D eigenvalue weighted by atomic mass is 16.5. The van der Waals surface area contributed by atoms with Gasteiger partial charge in [0.1, 0.15) is 6.54 Å². The molecule has 194 valence electrons. The van der Waals surface area contributed by atoms with Crippen LogP contribution in [-0.4, -0.2) is 28.2 Å². The van der Waals surface area contributed by atoms with Gasteiger partial charge in [-0.2, -0.15) is 0 Å². The Hall–Kier alpha value is -4.12. The Bertz CT molecular complexity index is 1470. The summed E-state index contributed by atoms with van der Waals surface area (Å²) in [4.78, 5) is 24.6. The fraction of sp³-hybridized carbons (Fsp3) is 0.273. The van der Waals surface area contributed by atoms with Crippen LogP contribution >= 0.6 is 0 Å². The molecule has 0 aliphatic heterocycles. The number of allylic oxidation sites excluding steroid dienone is 2. The van der Waals surface area contributed by atoms with E-state index in [4.69, 9.17) is 4.74 Å². The van der Waals surface area contributed by atoms with Crippen molar-refractivity contribution in [1.29, 1.82) is 0 Å². The van der Waals surface area contributed by atoms with Gasteiger partial charge in [-0.25, -0.2) is 4.79 Å². The Labute approximate surface area is 223 Å². The molecule has 38 heavy (non-hydrogen) atoms. The first-order valence-electron chi connectivity index (χ1n) is 13.4. The fourth-order valence-electron chi connectivity index (χ4n) is 5.67. The summed E-state index contributed by atoms with van der Waals surface area (Å²) in [6.07, 6.45) is 6.83. The maximum atomic E-state index is 12.7. The van der Waals surface area contributed by atoms with E-state index in [2.05, 4.69) is 48.5 Å². The van der Waals surface area contributed by atoms with Gasteiger partial charge >= 0.3 is 11.9 Å². The molecule has 0 fully saturated rings. The van der Waals surface area contributed by atoms with Gasteiger partial charge in [-0.3, -0.25) is 4.79 Å². The number of ether oxygens (including phenoxy) is 1. The van der Waals surface area contributed by atoms with Gasteiger partial charge in [-0.15, -0.1) is 0 Å². The smallest absolute Gasteiger partial charge is 0.335 e. The number of rotatable bonds is 9. The molecule has 1 atom stereocenters. The molecule has 0 saturated carbocycles. The molecule has 4 aromatic rings. The Morgan fingerprint density at radius 1 is 0.974 bits per heavy atom. The number of fused-ring (bicyclic) bond motifs is 1. The van der Waals surface area contributed by atoms with Gasteiger partial charge < -0.3 is 14.4 Å². The van der Waals surface area contributed by atoms with Crippen LogP contribution in [0.3, 0.4) is 0 Å². The Morgan fingerprint density at radius 2 is 1.71 bits per heavy atom. The van der Waals surface area contributed by atoms with Crippen LogP contribution in [0.25, 0.3) is 16.5 Å². The molecule has 0 radical (unpaired) electrons. The minimum atomic E-state index is -0.981. The van der Waals surface area contributed by atoms with Crippen molar-refractivity contribution in [2.24, 2.45) is 0 Å². The predicted molar refractivity (Wildman–Crippen MR) is 150 cm³/mol. The number of carbonyl (C=O) groups excluding carboxylic acids is 1. The molecule has 5 rings (SSSR count). The van der Waals surface area contributed by atoms with Crippen molar-refractivity contribution in [1.82, 2.24) is 4.57 Å². The standard InChI is InChI=1S/C33H33NO4/c1-2-38-31(35)22-34-29(20-13-23-9-5-3-6-10-23)32(28-19-18-27(33(36)37)21-30(28)34)26-16-14-25(15-17-26)24-11-7-4-8-12-24/h3-12,16,18-19,21,25H,2,13-15,17,20,22H2,1H3,(H,36,37). The molecule has 1 aliphatic rings. The second kappa shape index (κ2) is 11.5. The second-order valence-corrected chi connectivity index (χ2v) is 9.85. The van der Waals surface area contributed by atoms with Crippen LogP contribution in [0.5, 0.6) is 0 Å². The minimum absolute atomic E-state index is 0.0530. The molecule has 0 saturated heterocycles. The van der Waals surface area contributed by atoms with Crippen molar-refractivity contribution in [2.45, 2.75) is 51.5 Å². The zero-order valence-corrected chi connectivity index (χ0v) is 21.7. The number of carbonyl (C=O) groups is 2. The molecular formula is C33H33NO4. The first-order valence-corrected chi connectivity index (χ1v) is 13.4. The van der Waals surface area contributed by atoms with E-state index in [1.165, 1.54) is 16.7 Å². The van der Waals surface area contributed by atoms with Crippen LogP contribution in [0.1, 0.15) is 64.8 Å². The van der Waals surface area contributed by atoms with E-state index < -0.39 is 5.97 Å².